The Morgan fingerprint density at radius 3 is 2.81 bits per heavy atom. The van der Waals surface area contributed by atoms with Gasteiger partial charge in [-0.05, 0) is 24.3 Å². The maximum absolute atomic E-state index is 13.9. The third kappa shape index (κ3) is 5.32. The number of nitrogens with zero attached hydrogens (tertiary/aromatic N) is 1. The van der Waals surface area contributed by atoms with E-state index in [-0.39, 0.29) is 53.0 Å². The van der Waals surface area contributed by atoms with Crippen molar-refractivity contribution in [3.8, 4) is 5.75 Å². The summed E-state index contributed by atoms with van der Waals surface area (Å²) in [5, 5.41) is 3.12. The van der Waals surface area contributed by atoms with Crippen molar-refractivity contribution in [1.82, 2.24) is 5.32 Å². The highest BCUT2D eigenvalue weighted by molar-refractivity contribution is 14.0. The molecule has 2 aromatic rings. The number of sulfone groups is 1. The Balaban J connectivity index is 0.00000261. The maximum Gasteiger partial charge on any atom is 0.189 e. The fraction of sp³-hybridized carbons (Fsp3) is 0.278. The van der Waals surface area contributed by atoms with Crippen molar-refractivity contribution in [2.45, 2.75) is 23.9 Å². The van der Waals surface area contributed by atoms with Crippen LogP contribution in [0.1, 0.15) is 23.6 Å². The summed E-state index contributed by atoms with van der Waals surface area (Å²) in [6, 6.07) is 11.3. The Labute approximate surface area is 175 Å². The third-order valence-electron chi connectivity index (χ3n) is 4.15. The van der Waals surface area contributed by atoms with Gasteiger partial charge in [-0.15, -0.1) is 24.0 Å². The van der Waals surface area contributed by atoms with Crippen LogP contribution in [0.5, 0.6) is 5.75 Å². The molecule has 0 amide bonds. The van der Waals surface area contributed by atoms with Crippen molar-refractivity contribution in [3.63, 3.8) is 0 Å². The van der Waals surface area contributed by atoms with Crippen LogP contribution in [0.2, 0.25) is 0 Å². The van der Waals surface area contributed by atoms with Crippen LogP contribution in [-0.2, 0) is 16.4 Å². The van der Waals surface area contributed by atoms with Gasteiger partial charge in [-0.2, -0.15) is 0 Å². The van der Waals surface area contributed by atoms with Crippen molar-refractivity contribution in [1.29, 1.82) is 0 Å². The molecule has 1 aliphatic rings. The first kappa shape index (κ1) is 21.4. The summed E-state index contributed by atoms with van der Waals surface area (Å²) in [6.07, 6.45) is 1.80. The maximum atomic E-state index is 13.9. The zero-order valence-corrected chi connectivity index (χ0v) is 17.8. The topological polar surface area (TPSA) is 93.8 Å². The van der Waals surface area contributed by atoms with E-state index in [4.69, 9.17) is 10.5 Å². The summed E-state index contributed by atoms with van der Waals surface area (Å²) in [6.45, 7) is 0.506. The molecule has 0 saturated heterocycles. The van der Waals surface area contributed by atoms with Crippen LogP contribution in [0.15, 0.2) is 52.4 Å². The molecule has 146 valence electrons. The number of ether oxygens (including phenoxy) is 1. The first-order valence-electron chi connectivity index (χ1n) is 8.11. The molecule has 1 heterocycles. The van der Waals surface area contributed by atoms with Gasteiger partial charge in [0.05, 0.1) is 24.1 Å². The molecule has 9 heteroatoms. The number of aliphatic imine (C=N–C) groups is 1. The Morgan fingerprint density at radius 2 is 2.07 bits per heavy atom. The number of rotatable bonds is 4. The van der Waals surface area contributed by atoms with Crippen LogP contribution >= 0.6 is 24.0 Å². The number of guanidine groups is 1. The molecule has 3 rings (SSSR count). The highest BCUT2D eigenvalue weighted by Gasteiger charge is 2.21. The van der Waals surface area contributed by atoms with E-state index in [0.717, 1.165) is 30.1 Å². The summed E-state index contributed by atoms with van der Waals surface area (Å²) >= 11 is 0. The van der Waals surface area contributed by atoms with Crippen LogP contribution < -0.4 is 15.8 Å². The molecule has 1 atom stereocenters. The van der Waals surface area contributed by atoms with Gasteiger partial charge in [0.2, 0.25) is 0 Å². The molecule has 1 aliphatic heterocycles. The second kappa shape index (κ2) is 8.87. The molecular formula is C18H21FIN3O3S. The van der Waals surface area contributed by atoms with Crippen molar-refractivity contribution >= 4 is 39.8 Å². The molecule has 0 fully saturated rings. The molecule has 0 aromatic heterocycles. The molecule has 0 aliphatic carbocycles. The van der Waals surface area contributed by atoms with Crippen LogP contribution in [0.25, 0.3) is 0 Å². The number of hydrogen-bond donors (Lipinski definition) is 2. The predicted molar refractivity (Wildman–Crippen MR) is 113 cm³/mol. The highest BCUT2D eigenvalue weighted by atomic mass is 127. The lowest BCUT2D eigenvalue weighted by Crippen LogP contribution is -2.37. The molecule has 6 nitrogen and oxygen atoms in total. The number of halogens is 2. The Morgan fingerprint density at radius 1 is 1.33 bits per heavy atom. The molecule has 3 N–H and O–H groups in total. The molecule has 0 spiro atoms. The average molecular weight is 505 g/mol. The summed E-state index contributed by atoms with van der Waals surface area (Å²) in [5.41, 5.74) is 7.10. The number of nitrogens with two attached hydrogens (primary N) is 1. The number of nitrogens with one attached hydrogen (secondary N) is 1. The van der Waals surface area contributed by atoms with Crippen molar-refractivity contribution in [2.24, 2.45) is 10.7 Å². The van der Waals surface area contributed by atoms with Gasteiger partial charge in [0.1, 0.15) is 11.6 Å². The van der Waals surface area contributed by atoms with Gasteiger partial charge in [0, 0.05) is 23.8 Å². The first-order valence-corrected chi connectivity index (χ1v) is 10.0. The second-order valence-electron chi connectivity index (χ2n) is 6.10. The normalized spacial score (nSPS) is 16.7. The SMILES string of the molecule is CS(=O)(=O)c1ccc(F)c(CN=C(N)NC2CCOc3ccccc32)c1.I. The van der Waals surface area contributed by atoms with Gasteiger partial charge in [0.15, 0.2) is 15.8 Å². The predicted octanol–water partition coefficient (Wildman–Crippen LogP) is 2.78. The van der Waals surface area contributed by atoms with E-state index in [1.54, 1.807) is 0 Å². The first-order chi connectivity index (χ1) is 12.3. The third-order valence-corrected chi connectivity index (χ3v) is 5.26. The van der Waals surface area contributed by atoms with E-state index in [1.807, 2.05) is 24.3 Å². The monoisotopic (exact) mass is 505 g/mol. The molecule has 0 radical (unpaired) electrons. The summed E-state index contributed by atoms with van der Waals surface area (Å²) in [5.74, 6) is 0.442. The van der Waals surface area contributed by atoms with Crippen LogP contribution in [0.3, 0.4) is 0 Å². The zero-order valence-electron chi connectivity index (χ0n) is 14.7. The van der Waals surface area contributed by atoms with Crippen LogP contribution in [0, 0.1) is 5.82 Å². The van der Waals surface area contributed by atoms with Gasteiger partial charge >= 0.3 is 0 Å². The lowest BCUT2D eigenvalue weighted by Gasteiger charge is -2.26. The molecule has 27 heavy (non-hydrogen) atoms. The van der Waals surface area contributed by atoms with E-state index in [0.29, 0.717) is 6.61 Å². The van der Waals surface area contributed by atoms with Gasteiger partial charge in [-0.3, -0.25) is 0 Å². The van der Waals surface area contributed by atoms with E-state index in [1.165, 1.54) is 12.1 Å². The largest absolute Gasteiger partial charge is 0.493 e. The minimum Gasteiger partial charge on any atom is -0.493 e. The highest BCUT2D eigenvalue weighted by Crippen LogP contribution is 2.31. The van der Waals surface area contributed by atoms with Crippen molar-refractivity contribution in [2.75, 3.05) is 12.9 Å². The molecule has 2 aromatic carbocycles. The van der Waals surface area contributed by atoms with Gasteiger partial charge < -0.3 is 15.8 Å². The van der Waals surface area contributed by atoms with E-state index >= 15 is 0 Å². The number of fused-ring (bicyclic) bond motifs is 1. The van der Waals surface area contributed by atoms with Gasteiger partial charge in [-0.1, -0.05) is 18.2 Å². The standard InChI is InChI=1S/C18H20FN3O3S.HI/c1-26(23,24)13-6-7-15(19)12(10-13)11-21-18(20)22-16-8-9-25-17-5-3-2-4-14(16)17;/h2-7,10,16H,8-9,11H2,1H3,(H3,20,21,22);1H. The smallest absolute Gasteiger partial charge is 0.189 e. The van der Waals surface area contributed by atoms with E-state index in [9.17, 15) is 12.8 Å². The van der Waals surface area contributed by atoms with Crippen molar-refractivity contribution in [3.05, 3.63) is 59.4 Å². The van der Waals surface area contributed by atoms with Crippen LogP contribution in [-0.4, -0.2) is 27.2 Å². The minimum absolute atomic E-state index is 0. The average Bonchev–Trinajstić information content (AvgIpc) is 2.60. The molecule has 0 bridgehead atoms. The quantitative estimate of drug-likeness (QED) is 0.289. The molecular weight excluding hydrogens is 484 g/mol. The molecule has 1 unspecified atom stereocenters. The number of benzene rings is 2. The van der Waals surface area contributed by atoms with Crippen LogP contribution in [0.4, 0.5) is 4.39 Å². The summed E-state index contributed by atoms with van der Waals surface area (Å²) in [4.78, 5) is 4.20. The lowest BCUT2D eigenvalue weighted by molar-refractivity contribution is 0.262. The number of hydrogen-bond acceptors (Lipinski definition) is 4. The minimum atomic E-state index is -3.41. The Bertz CT molecular complexity index is 951. The second-order valence-corrected chi connectivity index (χ2v) is 8.11. The van der Waals surface area contributed by atoms with Crippen molar-refractivity contribution < 1.29 is 17.5 Å². The van der Waals surface area contributed by atoms with E-state index in [2.05, 4.69) is 10.3 Å². The Kier molecular flexibility index (Phi) is 7.04. The van der Waals surface area contributed by atoms with E-state index < -0.39 is 15.7 Å². The molecule has 0 saturated carbocycles. The fourth-order valence-corrected chi connectivity index (χ4v) is 3.46. The van der Waals surface area contributed by atoms with Gasteiger partial charge in [-0.25, -0.2) is 17.8 Å². The summed E-state index contributed by atoms with van der Waals surface area (Å²) in [7, 11) is -3.41. The Hall–Kier alpha value is -1.88. The number of para-hydroxylation sites is 1. The lowest BCUT2D eigenvalue weighted by atomic mass is 10.0. The fourth-order valence-electron chi connectivity index (χ4n) is 2.79. The summed E-state index contributed by atoms with van der Waals surface area (Å²) < 4.78 is 42.7. The van der Waals surface area contributed by atoms with Gasteiger partial charge in [0.25, 0.3) is 0 Å². The zero-order chi connectivity index (χ0) is 18.7.